The minimum Gasteiger partial charge on any atom is -0.383 e. The molecule has 1 amide bonds. The van der Waals surface area contributed by atoms with Crippen molar-refractivity contribution >= 4 is 17.7 Å². The summed E-state index contributed by atoms with van der Waals surface area (Å²) < 4.78 is 25.3. The van der Waals surface area contributed by atoms with Gasteiger partial charge in [-0.15, -0.1) is 0 Å². The number of hydrogen-bond donors (Lipinski definition) is 2. The van der Waals surface area contributed by atoms with E-state index >= 15 is 0 Å². The fourth-order valence-corrected chi connectivity index (χ4v) is 3.57. The monoisotopic (exact) mass is 363 g/mol. The van der Waals surface area contributed by atoms with E-state index in [2.05, 4.69) is 5.32 Å². The highest BCUT2D eigenvalue weighted by Crippen LogP contribution is 2.45. The van der Waals surface area contributed by atoms with E-state index in [1.54, 1.807) is 12.1 Å². The molecule has 0 unspecified atom stereocenters. The second-order valence-electron chi connectivity index (χ2n) is 6.12. The predicted octanol–water partition coefficient (Wildman–Crippen LogP) is 4.03. The summed E-state index contributed by atoms with van der Waals surface area (Å²) in [6.07, 6.45) is 1.80. The van der Waals surface area contributed by atoms with Crippen LogP contribution in [0, 0.1) is 5.92 Å². The van der Waals surface area contributed by atoms with Crippen molar-refractivity contribution in [1.82, 2.24) is 5.32 Å². The summed E-state index contributed by atoms with van der Waals surface area (Å²) in [5, 5.41) is 13.8. The number of alkyl halides is 2. The number of rotatable bonds is 7. The Morgan fingerprint density at radius 3 is 2.44 bits per heavy atom. The van der Waals surface area contributed by atoms with E-state index < -0.39 is 17.3 Å². The largest absolute Gasteiger partial charge is 0.383 e. The van der Waals surface area contributed by atoms with Crippen LogP contribution < -0.4 is 5.32 Å². The van der Waals surface area contributed by atoms with Crippen LogP contribution in [0.5, 0.6) is 0 Å². The molecular formula is C19H19F2NO2S. The first-order chi connectivity index (χ1) is 12.0. The molecule has 132 valence electrons. The molecule has 0 bridgehead atoms. The van der Waals surface area contributed by atoms with Gasteiger partial charge in [-0.2, -0.15) is 8.78 Å². The van der Waals surface area contributed by atoms with Crippen LogP contribution in [0.4, 0.5) is 8.78 Å². The summed E-state index contributed by atoms with van der Waals surface area (Å²) in [6.45, 7) is 0.0498. The van der Waals surface area contributed by atoms with Crippen LogP contribution in [0.2, 0.25) is 0 Å². The minimum atomic E-state index is -2.60. The lowest BCUT2D eigenvalue weighted by atomic mass is 9.88. The van der Waals surface area contributed by atoms with Crippen LogP contribution >= 0.6 is 11.8 Å². The fraction of sp³-hybridized carbons (Fsp3) is 0.316. The number of carbonyl (C=O) groups is 1. The zero-order chi connectivity index (χ0) is 17.9. The highest BCUT2D eigenvalue weighted by Gasteiger charge is 2.45. The molecule has 2 aromatic carbocycles. The molecule has 0 saturated heterocycles. The molecule has 1 aliphatic rings. The van der Waals surface area contributed by atoms with Gasteiger partial charge in [0.1, 0.15) is 5.60 Å². The van der Waals surface area contributed by atoms with Gasteiger partial charge in [-0.25, -0.2) is 0 Å². The Labute approximate surface area is 149 Å². The number of aliphatic hydroxyl groups is 1. The van der Waals surface area contributed by atoms with Crippen LogP contribution in [0.25, 0.3) is 0 Å². The van der Waals surface area contributed by atoms with Gasteiger partial charge >= 0.3 is 0 Å². The van der Waals surface area contributed by atoms with Crippen molar-refractivity contribution in [3.05, 3.63) is 65.7 Å². The van der Waals surface area contributed by atoms with Crippen molar-refractivity contribution in [2.75, 3.05) is 6.54 Å². The van der Waals surface area contributed by atoms with E-state index in [4.69, 9.17) is 0 Å². The normalized spacial score (nSPS) is 16.5. The quantitative estimate of drug-likeness (QED) is 0.730. The maximum absolute atomic E-state index is 12.7. The summed E-state index contributed by atoms with van der Waals surface area (Å²) in [4.78, 5) is 12.7. The third-order valence-corrected chi connectivity index (χ3v) is 5.18. The lowest BCUT2D eigenvalue weighted by Crippen LogP contribution is -2.42. The van der Waals surface area contributed by atoms with Gasteiger partial charge in [0.05, 0.1) is 12.1 Å². The molecule has 0 spiro atoms. The van der Waals surface area contributed by atoms with E-state index in [9.17, 15) is 18.7 Å². The molecule has 1 fully saturated rings. The van der Waals surface area contributed by atoms with E-state index in [-0.39, 0.29) is 22.9 Å². The summed E-state index contributed by atoms with van der Waals surface area (Å²) in [5.74, 6) is -2.96. The van der Waals surface area contributed by atoms with Gasteiger partial charge in [-0.1, -0.05) is 54.2 Å². The number of carbonyl (C=O) groups excluding carboxylic acids is 1. The first-order valence-electron chi connectivity index (χ1n) is 8.10. The Hall–Kier alpha value is -1.92. The summed E-state index contributed by atoms with van der Waals surface area (Å²) in [7, 11) is 0. The second-order valence-corrected chi connectivity index (χ2v) is 7.15. The Morgan fingerprint density at radius 1 is 1.16 bits per heavy atom. The first kappa shape index (κ1) is 17.9. The summed E-state index contributed by atoms with van der Waals surface area (Å²) in [6, 6.07) is 15.5. The van der Waals surface area contributed by atoms with Crippen molar-refractivity contribution in [2.45, 2.75) is 29.1 Å². The Morgan fingerprint density at radius 2 is 1.80 bits per heavy atom. The number of thioether (sulfide) groups is 1. The van der Waals surface area contributed by atoms with Crippen molar-refractivity contribution < 1.29 is 18.7 Å². The van der Waals surface area contributed by atoms with Crippen molar-refractivity contribution in [3.8, 4) is 0 Å². The second kappa shape index (κ2) is 7.54. The molecule has 3 nitrogen and oxygen atoms in total. The molecular weight excluding hydrogens is 344 g/mol. The zero-order valence-electron chi connectivity index (χ0n) is 13.5. The van der Waals surface area contributed by atoms with Gasteiger partial charge in [0.25, 0.3) is 11.7 Å². The number of hydrogen-bond acceptors (Lipinski definition) is 3. The average molecular weight is 363 g/mol. The van der Waals surface area contributed by atoms with Gasteiger partial charge in [-0.3, -0.25) is 4.79 Å². The average Bonchev–Trinajstić information content (AvgIpc) is 3.46. The molecule has 1 aliphatic carbocycles. The van der Waals surface area contributed by atoms with E-state index in [1.165, 1.54) is 12.1 Å². The maximum Gasteiger partial charge on any atom is 0.288 e. The third-order valence-electron chi connectivity index (χ3n) is 4.39. The summed E-state index contributed by atoms with van der Waals surface area (Å²) in [5.41, 5.74) is -0.186. The third kappa shape index (κ3) is 4.19. The molecule has 0 heterocycles. The van der Waals surface area contributed by atoms with Gasteiger partial charge in [-0.05, 0) is 36.5 Å². The lowest BCUT2D eigenvalue weighted by molar-refractivity contribution is 0.0135. The van der Waals surface area contributed by atoms with Crippen LogP contribution in [0.15, 0.2) is 59.5 Å². The Kier molecular flexibility index (Phi) is 5.39. The van der Waals surface area contributed by atoms with Gasteiger partial charge in [0.2, 0.25) is 0 Å². The molecule has 1 atom stereocenters. The van der Waals surface area contributed by atoms with Crippen molar-refractivity contribution in [2.24, 2.45) is 5.92 Å². The molecule has 2 aromatic rings. The smallest absolute Gasteiger partial charge is 0.288 e. The molecule has 3 rings (SSSR count). The highest BCUT2D eigenvalue weighted by atomic mass is 32.2. The first-order valence-corrected chi connectivity index (χ1v) is 8.98. The van der Waals surface area contributed by atoms with Crippen LogP contribution in [0.3, 0.4) is 0 Å². The van der Waals surface area contributed by atoms with Crippen LogP contribution in [0.1, 0.15) is 28.8 Å². The molecule has 0 aliphatic heterocycles. The van der Waals surface area contributed by atoms with E-state index in [0.717, 1.165) is 18.4 Å². The van der Waals surface area contributed by atoms with Gasteiger partial charge in [0.15, 0.2) is 0 Å². The van der Waals surface area contributed by atoms with E-state index in [1.807, 2.05) is 30.3 Å². The molecule has 0 radical (unpaired) electrons. The standard InChI is InChI=1S/C19H19F2NO2S/c20-18(21)25-16-9-5-4-8-15(16)17(23)22-12-19(24,14-10-11-14)13-6-2-1-3-7-13/h1-9,14,18,24H,10-12H2,(H,22,23)/t19-/m0/s1. The zero-order valence-corrected chi connectivity index (χ0v) is 14.3. The molecule has 6 heteroatoms. The number of halogens is 2. The molecule has 0 aromatic heterocycles. The minimum absolute atomic E-state index is 0.0498. The molecule has 25 heavy (non-hydrogen) atoms. The summed E-state index contributed by atoms with van der Waals surface area (Å²) >= 11 is 0.345. The molecule has 1 saturated carbocycles. The topological polar surface area (TPSA) is 49.3 Å². The SMILES string of the molecule is O=C(NC[C@](O)(c1ccccc1)C1CC1)c1ccccc1SC(F)F. The van der Waals surface area contributed by atoms with Gasteiger partial charge < -0.3 is 10.4 Å². The predicted molar refractivity (Wildman–Crippen MR) is 93.7 cm³/mol. The maximum atomic E-state index is 12.7. The van der Waals surface area contributed by atoms with E-state index in [0.29, 0.717) is 11.8 Å². The van der Waals surface area contributed by atoms with Crippen molar-refractivity contribution in [1.29, 1.82) is 0 Å². The molecule has 2 N–H and O–H groups in total. The Bertz CT molecular complexity index is 737. The van der Waals surface area contributed by atoms with Crippen LogP contribution in [-0.4, -0.2) is 23.3 Å². The number of nitrogens with one attached hydrogen (secondary N) is 1. The number of amides is 1. The lowest BCUT2D eigenvalue weighted by Gasteiger charge is -2.29. The van der Waals surface area contributed by atoms with Crippen LogP contribution in [-0.2, 0) is 5.60 Å². The Balaban J connectivity index is 1.75. The van der Waals surface area contributed by atoms with Crippen molar-refractivity contribution in [3.63, 3.8) is 0 Å². The van der Waals surface area contributed by atoms with Gasteiger partial charge in [0, 0.05) is 4.90 Å². The number of benzene rings is 2. The fourth-order valence-electron chi connectivity index (χ4n) is 2.93. The highest BCUT2D eigenvalue weighted by molar-refractivity contribution is 7.99.